The zero-order valence-corrected chi connectivity index (χ0v) is 21.1. The van der Waals surface area contributed by atoms with Gasteiger partial charge in [-0.05, 0) is 42.3 Å². The number of carbonyl (C=O) groups is 1. The highest BCUT2D eigenvalue weighted by Crippen LogP contribution is 2.36. The second-order valence-corrected chi connectivity index (χ2v) is 9.54. The maximum Gasteiger partial charge on any atom is 0.417 e. The number of piperazine rings is 1. The summed E-state index contributed by atoms with van der Waals surface area (Å²) < 4.78 is 38.9. The molecule has 10 heteroatoms. The largest absolute Gasteiger partial charge is 0.417 e. The van der Waals surface area contributed by atoms with E-state index < -0.39 is 23.3 Å². The van der Waals surface area contributed by atoms with E-state index in [-0.39, 0.29) is 18.2 Å². The van der Waals surface area contributed by atoms with Gasteiger partial charge in [0.25, 0.3) is 0 Å². The minimum atomic E-state index is -4.60. The Balaban J connectivity index is 1.82. The number of hydrogen-bond acceptors (Lipinski definition) is 5. The molecule has 0 bridgehead atoms. The predicted octanol–water partition coefficient (Wildman–Crippen LogP) is 4.57. The van der Waals surface area contributed by atoms with Crippen LogP contribution in [0.5, 0.6) is 0 Å². The number of nitrogens with two attached hydrogens (primary N) is 2. The average molecular weight is 535 g/mol. The van der Waals surface area contributed by atoms with Crippen molar-refractivity contribution in [2.75, 3.05) is 31.1 Å². The van der Waals surface area contributed by atoms with Crippen molar-refractivity contribution in [3.05, 3.63) is 101 Å². The molecule has 2 aromatic rings. The monoisotopic (exact) mass is 534 g/mol. The van der Waals surface area contributed by atoms with Crippen molar-refractivity contribution in [1.29, 1.82) is 0 Å². The van der Waals surface area contributed by atoms with E-state index in [1.54, 1.807) is 18.2 Å². The summed E-state index contributed by atoms with van der Waals surface area (Å²) in [6.45, 7) is 7.04. The van der Waals surface area contributed by atoms with Crippen LogP contribution >= 0.6 is 11.6 Å². The molecule has 1 fully saturated rings. The van der Waals surface area contributed by atoms with Crippen LogP contribution in [-0.2, 0) is 0 Å². The maximum atomic E-state index is 13.0. The second-order valence-electron chi connectivity index (χ2n) is 9.14. The van der Waals surface area contributed by atoms with Gasteiger partial charge in [0.2, 0.25) is 5.91 Å². The zero-order chi connectivity index (χ0) is 27.4. The van der Waals surface area contributed by atoms with Crippen LogP contribution in [0.4, 0.5) is 18.9 Å². The summed E-state index contributed by atoms with van der Waals surface area (Å²) in [4.78, 5) is 15.7. The van der Waals surface area contributed by atoms with Crippen molar-refractivity contribution < 1.29 is 23.1 Å². The molecule has 0 radical (unpaired) electrons. The lowest BCUT2D eigenvalue weighted by atomic mass is 9.93. The molecule has 1 heterocycles. The van der Waals surface area contributed by atoms with Crippen molar-refractivity contribution in [2.45, 2.75) is 24.7 Å². The van der Waals surface area contributed by atoms with Crippen LogP contribution in [0.15, 0.2) is 84.6 Å². The molecule has 2 atom stereocenters. The first kappa shape index (κ1) is 28.3. The number of β-amino-alcohol motifs (C(OH)–C–C–N with tert-alkyl or cyclic N) is 1. The van der Waals surface area contributed by atoms with Gasteiger partial charge in [0, 0.05) is 37.9 Å². The second kappa shape index (κ2) is 11.4. The number of aliphatic hydroxyl groups is 1. The van der Waals surface area contributed by atoms with Gasteiger partial charge in [-0.3, -0.25) is 9.69 Å². The normalized spacial score (nSPS) is 19.1. The standard InChI is InChI=1S/C27H30ClF3N4O2/c1-18(8-10-21(15-32)27(29,30)31)26(2,37)17-34-12-13-35(24(16-34)19-6-4-3-5-7-19)23-11-9-20(25(33)36)14-22(23)28/h3-11,14-15,24,37H,1,12-13,16-17,32H2,2H3,(H2,33,36)/b10-8-,21-15+/t24-,26+/m0/s1. The summed E-state index contributed by atoms with van der Waals surface area (Å²) in [6, 6.07) is 14.5. The van der Waals surface area contributed by atoms with E-state index in [0.29, 0.717) is 36.4 Å². The van der Waals surface area contributed by atoms with Gasteiger partial charge in [-0.15, -0.1) is 0 Å². The third-order valence-electron chi connectivity index (χ3n) is 6.38. The summed E-state index contributed by atoms with van der Waals surface area (Å²) in [7, 11) is 0. The van der Waals surface area contributed by atoms with E-state index >= 15 is 0 Å². The van der Waals surface area contributed by atoms with E-state index in [4.69, 9.17) is 23.1 Å². The zero-order valence-electron chi connectivity index (χ0n) is 20.4. The summed E-state index contributed by atoms with van der Waals surface area (Å²) in [5.74, 6) is -0.571. The van der Waals surface area contributed by atoms with Crippen molar-refractivity contribution in [1.82, 2.24) is 4.90 Å². The molecular weight excluding hydrogens is 505 g/mol. The number of benzene rings is 2. The highest BCUT2D eigenvalue weighted by molar-refractivity contribution is 6.33. The van der Waals surface area contributed by atoms with Crippen LogP contribution in [0, 0.1) is 0 Å². The number of carbonyl (C=O) groups excluding carboxylic acids is 1. The lowest BCUT2D eigenvalue weighted by molar-refractivity contribution is -0.0884. The van der Waals surface area contributed by atoms with Gasteiger partial charge in [-0.25, -0.2) is 0 Å². The summed E-state index contributed by atoms with van der Waals surface area (Å²) in [5, 5.41) is 11.5. The first-order valence-electron chi connectivity index (χ1n) is 11.6. The van der Waals surface area contributed by atoms with Crippen molar-refractivity contribution in [3.8, 4) is 0 Å². The fraction of sp³-hybridized carbons (Fsp3) is 0.296. The fourth-order valence-corrected chi connectivity index (χ4v) is 4.57. The van der Waals surface area contributed by atoms with E-state index in [2.05, 4.69) is 11.5 Å². The number of amides is 1. The Morgan fingerprint density at radius 1 is 1.19 bits per heavy atom. The molecule has 1 saturated heterocycles. The third kappa shape index (κ3) is 6.94. The van der Waals surface area contributed by atoms with Crippen molar-refractivity contribution in [2.24, 2.45) is 11.5 Å². The number of rotatable bonds is 8. The molecule has 0 aromatic heterocycles. The number of allylic oxidation sites excluding steroid dienone is 2. The lowest BCUT2D eigenvalue weighted by Gasteiger charge is -2.45. The number of nitrogens with zero attached hydrogens (tertiary/aromatic N) is 2. The molecule has 5 N–H and O–H groups in total. The van der Waals surface area contributed by atoms with Gasteiger partial charge < -0.3 is 21.5 Å². The summed E-state index contributed by atoms with van der Waals surface area (Å²) in [5.41, 5.74) is 10.2. The van der Waals surface area contributed by atoms with Gasteiger partial charge in [-0.2, -0.15) is 13.2 Å². The number of anilines is 1. The van der Waals surface area contributed by atoms with E-state index in [1.807, 2.05) is 35.2 Å². The molecule has 2 aromatic carbocycles. The van der Waals surface area contributed by atoms with Crippen LogP contribution in [-0.4, -0.2) is 53.9 Å². The van der Waals surface area contributed by atoms with Gasteiger partial charge in [-0.1, -0.05) is 54.6 Å². The van der Waals surface area contributed by atoms with Crippen LogP contribution in [0.3, 0.4) is 0 Å². The lowest BCUT2D eigenvalue weighted by Crippen LogP contribution is -2.53. The van der Waals surface area contributed by atoms with Gasteiger partial charge in [0.1, 0.15) is 0 Å². The van der Waals surface area contributed by atoms with E-state index in [1.165, 1.54) is 6.92 Å². The van der Waals surface area contributed by atoms with Gasteiger partial charge in [0.15, 0.2) is 0 Å². The molecule has 37 heavy (non-hydrogen) atoms. The summed E-state index contributed by atoms with van der Waals surface area (Å²) in [6.07, 6.45) is -2.19. The molecular formula is C27H30ClF3N4O2. The van der Waals surface area contributed by atoms with E-state index in [0.717, 1.165) is 23.4 Å². The highest BCUT2D eigenvalue weighted by atomic mass is 35.5. The van der Waals surface area contributed by atoms with Crippen molar-refractivity contribution in [3.63, 3.8) is 0 Å². The molecule has 1 aliphatic rings. The SMILES string of the molecule is C=C(/C=C\C(=C/N)C(F)(F)F)[C@](C)(O)CN1CCN(c2ccc(C(N)=O)cc2Cl)[C@H](c2ccccc2)C1. The third-order valence-corrected chi connectivity index (χ3v) is 6.69. The summed E-state index contributed by atoms with van der Waals surface area (Å²) >= 11 is 6.53. The Labute approximate surface area is 219 Å². The molecule has 0 saturated carbocycles. The molecule has 0 unspecified atom stereocenters. The Morgan fingerprint density at radius 2 is 1.86 bits per heavy atom. The van der Waals surface area contributed by atoms with Gasteiger partial charge >= 0.3 is 6.18 Å². The maximum absolute atomic E-state index is 13.0. The van der Waals surface area contributed by atoms with Crippen LogP contribution in [0.2, 0.25) is 5.02 Å². The average Bonchev–Trinajstić information content (AvgIpc) is 2.83. The molecule has 0 aliphatic carbocycles. The number of halogens is 4. The molecule has 6 nitrogen and oxygen atoms in total. The minimum absolute atomic E-state index is 0.125. The van der Waals surface area contributed by atoms with Gasteiger partial charge in [0.05, 0.1) is 27.9 Å². The highest BCUT2D eigenvalue weighted by Gasteiger charge is 2.35. The predicted molar refractivity (Wildman–Crippen MR) is 140 cm³/mol. The van der Waals surface area contributed by atoms with E-state index in [9.17, 15) is 23.1 Å². The molecule has 1 aliphatic heterocycles. The number of hydrogen-bond donors (Lipinski definition) is 3. The van der Waals surface area contributed by atoms with Crippen LogP contribution in [0.1, 0.15) is 28.9 Å². The number of alkyl halides is 3. The molecule has 198 valence electrons. The fourth-order valence-electron chi connectivity index (χ4n) is 4.28. The first-order valence-corrected chi connectivity index (χ1v) is 11.9. The molecule has 0 spiro atoms. The topological polar surface area (TPSA) is 95.8 Å². The molecule has 3 rings (SSSR count). The first-order chi connectivity index (χ1) is 17.3. The Kier molecular flexibility index (Phi) is 8.73. The quantitative estimate of drug-likeness (QED) is 0.431. The number of primary amides is 1. The van der Waals surface area contributed by atoms with Crippen LogP contribution < -0.4 is 16.4 Å². The Morgan fingerprint density at radius 3 is 2.43 bits per heavy atom. The van der Waals surface area contributed by atoms with Crippen molar-refractivity contribution >= 4 is 23.2 Å². The molecule has 1 amide bonds. The van der Waals surface area contributed by atoms with Crippen LogP contribution in [0.25, 0.3) is 0 Å². The Bertz CT molecular complexity index is 1200. The smallest absolute Gasteiger partial charge is 0.404 e. The minimum Gasteiger partial charge on any atom is -0.404 e. The Hall–Kier alpha value is -3.27.